The van der Waals surface area contributed by atoms with E-state index in [0.717, 1.165) is 0 Å². The van der Waals surface area contributed by atoms with Crippen LogP contribution in [0.3, 0.4) is 0 Å². The third kappa shape index (κ3) is 3.12. The molecular formula is C24H16N2O8S. The molecule has 176 valence electrons. The van der Waals surface area contributed by atoms with E-state index in [2.05, 4.69) is 4.98 Å². The van der Waals surface area contributed by atoms with Gasteiger partial charge < -0.3 is 29.2 Å². The number of thiazole rings is 1. The number of imidazole rings is 1. The Bertz CT molecular complexity index is 1730. The number of carbonyl (C=O) groups excluding carboxylic acids is 1. The Kier molecular flexibility index (Phi) is 4.51. The SMILES string of the molecule is COC(=O)C[C@H]1c2c(cc(O)c3c(=O)cc(-c4ccc(O)c(O)c4)oc23)Oc2nc3sccn3c21. The molecule has 1 aliphatic rings. The molecule has 0 unspecified atom stereocenters. The molecule has 3 aromatic heterocycles. The third-order valence-electron chi connectivity index (χ3n) is 5.99. The summed E-state index contributed by atoms with van der Waals surface area (Å²) in [5.41, 5.74) is 0.778. The number of ether oxygens (including phenoxy) is 2. The third-order valence-corrected chi connectivity index (χ3v) is 6.75. The van der Waals surface area contributed by atoms with Gasteiger partial charge in [-0.15, -0.1) is 11.3 Å². The van der Waals surface area contributed by atoms with E-state index < -0.39 is 17.3 Å². The summed E-state index contributed by atoms with van der Waals surface area (Å²) in [4.78, 5) is 30.7. The van der Waals surface area contributed by atoms with E-state index in [4.69, 9.17) is 13.9 Å². The largest absolute Gasteiger partial charge is 0.507 e. The molecule has 0 aliphatic carbocycles. The number of aromatic hydroxyl groups is 3. The van der Waals surface area contributed by atoms with Crippen molar-refractivity contribution < 1.29 is 34.0 Å². The molecule has 5 aromatic rings. The Labute approximate surface area is 199 Å². The second kappa shape index (κ2) is 7.50. The molecule has 3 N–H and O–H groups in total. The first kappa shape index (κ1) is 21.1. The normalized spacial score (nSPS) is 14.5. The molecule has 0 radical (unpaired) electrons. The minimum atomic E-state index is -0.666. The Hall–Kier alpha value is -4.51. The monoisotopic (exact) mass is 492 g/mol. The van der Waals surface area contributed by atoms with E-state index in [1.807, 2.05) is 5.38 Å². The molecule has 4 heterocycles. The molecule has 10 nitrogen and oxygen atoms in total. The molecule has 11 heteroatoms. The highest BCUT2D eigenvalue weighted by atomic mass is 32.1. The van der Waals surface area contributed by atoms with Gasteiger partial charge in [-0.1, -0.05) is 0 Å². The Balaban J connectivity index is 1.67. The van der Waals surface area contributed by atoms with E-state index >= 15 is 0 Å². The van der Waals surface area contributed by atoms with Crippen molar-refractivity contribution in [3.8, 4) is 40.2 Å². The predicted molar refractivity (Wildman–Crippen MR) is 125 cm³/mol. The number of fused-ring (bicyclic) bond motifs is 6. The number of phenolic OH excluding ortho intramolecular Hbond substituents is 3. The molecule has 0 saturated carbocycles. The number of esters is 1. The first-order valence-electron chi connectivity index (χ1n) is 10.4. The first-order chi connectivity index (χ1) is 16.9. The van der Waals surface area contributed by atoms with E-state index in [9.17, 15) is 24.9 Å². The maximum absolute atomic E-state index is 13.1. The summed E-state index contributed by atoms with van der Waals surface area (Å²) in [6.45, 7) is 0. The van der Waals surface area contributed by atoms with Crippen molar-refractivity contribution in [2.24, 2.45) is 0 Å². The summed E-state index contributed by atoms with van der Waals surface area (Å²) in [5.74, 6) is -1.68. The standard InChI is InChI=1S/C24H16N2O8S/c1-32-18(31)7-11-19-17(34-23-21(11)26-4-5-35-24(26)25-23)9-15(30)20-14(29)8-16(33-22(19)20)10-2-3-12(27)13(28)6-10/h2-6,8-9,11,27-28,30H,7H2,1H3/t11-/m0/s1. The van der Waals surface area contributed by atoms with Crippen molar-refractivity contribution in [1.29, 1.82) is 0 Å². The van der Waals surface area contributed by atoms with Gasteiger partial charge in [0.25, 0.3) is 0 Å². The van der Waals surface area contributed by atoms with E-state index in [0.29, 0.717) is 21.8 Å². The fourth-order valence-electron chi connectivity index (χ4n) is 4.41. The van der Waals surface area contributed by atoms with Gasteiger partial charge in [0.2, 0.25) is 5.88 Å². The lowest BCUT2D eigenvalue weighted by Crippen LogP contribution is -2.17. The lowest BCUT2D eigenvalue weighted by molar-refractivity contribution is -0.140. The highest BCUT2D eigenvalue weighted by Gasteiger charge is 2.37. The minimum absolute atomic E-state index is 0.0276. The number of hydrogen-bond acceptors (Lipinski definition) is 10. The average molecular weight is 492 g/mol. The summed E-state index contributed by atoms with van der Waals surface area (Å²) in [5, 5.41) is 32.0. The average Bonchev–Trinajstić information content (AvgIpc) is 3.41. The number of phenols is 3. The fraction of sp³-hybridized carbons (Fsp3) is 0.125. The summed E-state index contributed by atoms with van der Waals surface area (Å²) in [6, 6.07) is 6.48. The first-order valence-corrected chi connectivity index (χ1v) is 11.3. The number of aromatic nitrogens is 2. The zero-order valence-electron chi connectivity index (χ0n) is 18.0. The van der Waals surface area contributed by atoms with E-state index in [-0.39, 0.29) is 52.0 Å². The van der Waals surface area contributed by atoms with Crippen LogP contribution in [0.1, 0.15) is 23.6 Å². The maximum atomic E-state index is 13.1. The Morgan fingerprint density at radius 3 is 2.77 bits per heavy atom. The summed E-state index contributed by atoms with van der Waals surface area (Å²) in [6.07, 6.45) is 1.70. The smallest absolute Gasteiger partial charge is 0.306 e. The number of methoxy groups -OCH3 is 1. The molecule has 1 atom stereocenters. The highest BCUT2D eigenvalue weighted by molar-refractivity contribution is 7.15. The van der Waals surface area contributed by atoms with Crippen LogP contribution in [0, 0.1) is 0 Å². The molecule has 6 rings (SSSR count). The molecule has 35 heavy (non-hydrogen) atoms. The number of rotatable bonds is 3. The Morgan fingerprint density at radius 1 is 1.17 bits per heavy atom. The summed E-state index contributed by atoms with van der Waals surface area (Å²) < 4.78 is 18.9. The quantitative estimate of drug-likeness (QED) is 0.251. The molecule has 0 spiro atoms. The molecular weight excluding hydrogens is 476 g/mol. The van der Waals surface area contributed by atoms with Crippen molar-refractivity contribution >= 4 is 33.2 Å². The Morgan fingerprint density at radius 2 is 2.00 bits per heavy atom. The molecule has 0 bridgehead atoms. The second-order valence-electron chi connectivity index (χ2n) is 7.98. The number of carbonyl (C=O) groups is 1. The van der Waals surface area contributed by atoms with Crippen molar-refractivity contribution in [3.63, 3.8) is 0 Å². The van der Waals surface area contributed by atoms with Gasteiger partial charge in [-0.2, -0.15) is 4.98 Å². The van der Waals surface area contributed by atoms with Gasteiger partial charge in [0, 0.05) is 40.8 Å². The van der Waals surface area contributed by atoms with E-state index in [1.165, 1.54) is 48.8 Å². The second-order valence-corrected chi connectivity index (χ2v) is 8.86. The molecule has 0 saturated heterocycles. The van der Waals surface area contributed by atoms with Crippen LogP contribution >= 0.6 is 11.3 Å². The van der Waals surface area contributed by atoms with Crippen LogP contribution in [0.4, 0.5) is 0 Å². The van der Waals surface area contributed by atoms with Crippen LogP contribution in [0.2, 0.25) is 0 Å². The van der Waals surface area contributed by atoms with Crippen molar-refractivity contribution in [2.45, 2.75) is 12.3 Å². The zero-order valence-corrected chi connectivity index (χ0v) is 18.8. The van der Waals surface area contributed by atoms with Gasteiger partial charge in [-0.05, 0) is 18.2 Å². The highest BCUT2D eigenvalue weighted by Crippen LogP contribution is 2.51. The summed E-state index contributed by atoms with van der Waals surface area (Å²) in [7, 11) is 1.28. The lowest BCUT2D eigenvalue weighted by Gasteiger charge is -2.26. The van der Waals surface area contributed by atoms with Crippen molar-refractivity contribution in [2.75, 3.05) is 7.11 Å². The van der Waals surface area contributed by atoms with Gasteiger partial charge in [0.15, 0.2) is 21.9 Å². The molecule has 2 aromatic carbocycles. The predicted octanol–water partition coefficient (Wildman–Crippen LogP) is 4.09. The maximum Gasteiger partial charge on any atom is 0.306 e. The molecule has 0 amide bonds. The molecule has 0 fully saturated rings. The molecule has 1 aliphatic heterocycles. The minimum Gasteiger partial charge on any atom is -0.507 e. The zero-order chi connectivity index (χ0) is 24.4. The summed E-state index contributed by atoms with van der Waals surface area (Å²) >= 11 is 1.39. The van der Waals surface area contributed by atoms with Crippen molar-refractivity contribution in [3.05, 3.63) is 63.4 Å². The van der Waals surface area contributed by atoms with Gasteiger partial charge >= 0.3 is 5.97 Å². The lowest BCUT2D eigenvalue weighted by atomic mass is 9.88. The van der Waals surface area contributed by atoms with Crippen LogP contribution in [0.25, 0.3) is 27.3 Å². The van der Waals surface area contributed by atoms with Gasteiger partial charge in [-0.3, -0.25) is 14.0 Å². The van der Waals surface area contributed by atoms with Gasteiger partial charge in [-0.25, -0.2) is 0 Å². The number of hydrogen-bond donors (Lipinski definition) is 3. The fourth-order valence-corrected chi connectivity index (χ4v) is 5.12. The van der Waals surface area contributed by atoms with Crippen LogP contribution in [0.5, 0.6) is 28.9 Å². The van der Waals surface area contributed by atoms with Gasteiger partial charge in [0.1, 0.15) is 28.2 Å². The van der Waals surface area contributed by atoms with Gasteiger partial charge in [0.05, 0.1) is 19.2 Å². The van der Waals surface area contributed by atoms with Crippen molar-refractivity contribution in [1.82, 2.24) is 9.38 Å². The number of nitrogens with zero attached hydrogens (tertiary/aromatic N) is 2. The topological polar surface area (TPSA) is 144 Å². The van der Waals surface area contributed by atoms with Crippen LogP contribution in [-0.2, 0) is 9.53 Å². The van der Waals surface area contributed by atoms with Crippen LogP contribution < -0.4 is 10.2 Å². The number of benzene rings is 2. The van der Waals surface area contributed by atoms with E-state index in [1.54, 1.807) is 10.6 Å². The van der Waals surface area contributed by atoms with Crippen LogP contribution in [-0.4, -0.2) is 37.8 Å². The van der Waals surface area contributed by atoms with Crippen LogP contribution in [0.15, 0.2) is 51.1 Å².